The Morgan fingerprint density at radius 1 is 1.04 bits per heavy atom. The summed E-state index contributed by atoms with van der Waals surface area (Å²) < 4.78 is 1.52. The molecule has 0 aliphatic heterocycles. The molecule has 0 atom stereocenters. The Hall–Kier alpha value is -3.35. The van der Waals surface area contributed by atoms with Gasteiger partial charge in [0.15, 0.2) is 0 Å². The molecule has 24 heavy (non-hydrogen) atoms. The zero-order valence-electron chi connectivity index (χ0n) is 13.3. The number of hydrazone groups is 1. The van der Waals surface area contributed by atoms with Crippen molar-refractivity contribution < 1.29 is 4.79 Å². The van der Waals surface area contributed by atoms with Crippen LogP contribution in [0, 0.1) is 6.92 Å². The number of nitrogens with one attached hydrogen (secondary N) is 1. The fourth-order valence-corrected chi connectivity index (χ4v) is 2.10. The maximum atomic E-state index is 12.2. The van der Waals surface area contributed by atoms with Crippen molar-refractivity contribution in [3.63, 3.8) is 0 Å². The first-order valence-corrected chi connectivity index (χ1v) is 7.38. The zero-order valence-corrected chi connectivity index (χ0v) is 13.3. The average molecular weight is 320 g/mol. The number of hydrogen-bond donors (Lipinski definition) is 1. The second-order valence-corrected chi connectivity index (χ2v) is 5.31. The summed E-state index contributed by atoms with van der Waals surface area (Å²) in [6.07, 6.45) is 1.49. The lowest BCUT2D eigenvalue weighted by Crippen LogP contribution is -2.19. The van der Waals surface area contributed by atoms with E-state index in [2.05, 4.69) is 26.1 Å². The maximum absolute atomic E-state index is 12.2. The standard InChI is InChI=1S/C17H16N6O/c1-12-3-5-14(6-4-12)13(2)19-20-17(24)15-7-9-16(10-8-15)23-11-18-21-22-23/h3-11H,1-2H3,(H,20,24). The largest absolute Gasteiger partial charge is 0.271 e. The quantitative estimate of drug-likeness (QED) is 0.589. The van der Waals surface area contributed by atoms with Gasteiger partial charge in [-0.3, -0.25) is 4.79 Å². The number of amides is 1. The fraction of sp³-hybridized carbons (Fsp3) is 0.118. The number of benzene rings is 2. The molecule has 1 heterocycles. The molecule has 2 aromatic carbocycles. The van der Waals surface area contributed by atoms with Gasteiger partial charge in [0.05, 0.1) is 11.4 Å². The van der Waals surface area contributed by atoms with E-state index in [-0.39, 0.29) is 5.91 Å². The highest BCUT2D eigenvalue weighted by atomic mass is 16.2. The van der Waals surface area contributed by atoms with Gasteiger partial charge < -0.3 is 0 Å². The van der Waals surface area contributed by atoms with E-state index >= 15 is 0 Å². The molecule has 0 fully saturated rings. The van der Waals surface area contributed by atoms with E-state index in [1.54, 1.807) is 24.3 Å². The molecule has 3 rings (SSSR count). The van der Waals surface area contributed by atoms with Gasteiger partial charge in [-0.2, -0.15) is 5.10 Å². The Bertz CT molecular complexity index is 851. The van der Waals surface area contributed by atoms with Gasteiger partial charge in [0.1, 0.15) is 6.33 Å². The minimum atomic E-state index is -0.273. The molecule has 0 bridgehead atoms. The Kier molecular flexibility index (Phi) is 4.42. The van der Waals surface area contributed by atoms with Crippen LogP contribution >= 0.6 is 0 Å². The summed E-state index contributed by atoms with van der Waals surface area (Å²) in [7, 11) is 0. The first-order chi connectivity index (χ1) is 11.6. The summed E-state index contributed by atoms with van der Waals surface area (Å²) in [6.45, 7) is 3.88. The molecule has 0 radical (unpaired) electrons. The van der Waals surface area contributed by atoms with Crippen molar-refractivity contribution in [2.75, 3.05) is 0 Å². The summed E-state index contributed by atoms with van der Waals surface area (Å²) >= 11 is 0. The minimum absolute atomic E-state index is 0.273. The van der Waals surface area contributed by atoms with Gasteiger partial charge >= 0.3 is 0 Å². The van der Waals surface area contributed by atoms with E-state index in [4.69, 9.17) is 0 Å². The van der Waals surface area contributed by atoms with E-state index in [0.29, 0.717) is 5.56 Å². The van der Waals surface area contributed by atoms with Crippen LogP contribution in [0.5, 0.6) is 0 Å². The number of rotatable bonds is 4. The van der Waals surface area contributed by atoms with Crippen LogP contribution in [-0.4, -0.2) is 31.8 Å². The molecule has 0 spiro atoms. The third-order valence-corrected chi connectivity index (χ3v) is 3.54. The first-order valence-electron chi connectivity index (χ1n) is 7.38. The smallest absolute Gasteiger partial charge is 0.267 e. The van der Waals surface area contributed by atoms with Gasteiger partial charge in [-0.1, -0.05) is 29.8 Å². The number of aromatic nitrogens is 4. The molecular formula is C17H16N6O. The highest BCUT2D eigenvalue weighted by Crippen LogP contribution is 2.08. The van der Waals surface area contributed by atoms with Crippen LogP contribution < -0.4 is 5.43 Å². The highest BCUT2D eigenvalue weighted by molar-refractivity contribution is 6.00. The number of aryl methyl sites for hydroxylation is 1. The van der Waals surface area contributed by atoms with Crippen LogP contribution in [0.1, 0.15) is 28.4 Å². The highest BCUT2D eigenvalue weighted by Gasteiger charge is 2.06. The third-order valence-electron chi connectivity index (χ3n) is 3.54. The maximum Gasteiger partial charge on any atom is 0.271 e. The van der Waals surface area contributed by atoms with Gasteiger partial charge in [0.25, 0.3) is 5.91 Å². The monoisotopic (exact) mass is 320 g/mol. The van der Waals surface area contributed by atoms with Crippen LogP contribution in [0.25, 0.3) is 5.69 Å². The van der Waals surface area contributed by atoms with Gasteiger partial charge in [-0.05, 0) is 54.1 Å². The molecule has 0 saturated heterocycles. The second kappa shape index (κ2) is 6.82. The van der Waals surface area contributed by atoms with E-state index in [0.717, 1.165) is 17.0 Å². The van der Waals surface area contributed by atoms with Crippen molar-refractivity contribution in [2.24, 2.45) is 5.10 Å². The Balaban J connectivity index is 1.68. The van der Waals surface area contributed by atoms with Crippen LogP contribution in [-0.2, 0) is 0 Å². The summed E-state index contributed by atoms with van der Waals surface area (Å²) in [5.74, 6) is -0.273. The number of tetrazole rings is 1. The SMILES string of the molecule is CC(=NNC(=O)c1ccc(-n2cnnn2)cc1)c1ccc(C)cc1. The lowest BCUT2D eigenvalue weighted by atomic mass is 10.1. The topological polar surface area (TPSA) is 85.1 Å². The second-order valence-electron chi connectivity index (χ2n) is 5.31. The van der Waals surface area contributed by atoms with Gasteiger partial charge in [-0.25, -0.2) is 10.1 Å². The van der Waals surface area contributed by atoms with E-state index in [1.807, 2.05) is 38.1 Å². The van der Waals surface area contributed by atoms with Crippen LogP contribution in [0.2, 0.25) is 0 Å². The van der Waals surface area contributed by atoms with Crippen molar-refractivity contribution in [3.05, 3.63) is 71.5 Å². The van der Waals surface area contributed by atoms with Crippen molar-refractivity contribution in [3.8, 4) is 5.69 Å². The first kappa shape index (κ1) is 15.5. The van der Waals surface area contributed by atoms with Crippen LogP contribution in [0.4, 0.5) is 0 Å². The molecule has 1 aromatic heterocycles. The number of hydrogen-bond acceptors (Lipinski definition) is 5. The molecule has 0 saturated carbocycles. The molecular weight excluding hydrogens is 304 g/mol. The summed E-state index contributed by atoms with van der Waals surface area (Å²) in [5.41, 5.74) is 6.74. The number of carbonyl (C=O) groups excluding carboxylic acids is 1. The predicted octanol–water partition coefficient (Wildman–Crippen LogP) is 2.12. The summed E-state index contributed by atoms with van der Waals surface area (Å²) in [5, 5.41) is 15.1. The molecule has 120 valence electrons. The normalized spacial score (nSPS) is 11.3. The van der Waals surface area contributed by atoms with E-state index < -0.39 is 0 Å². The van der Waals surface area contributed by atoms with Crippen molar-refractivity contribution in [1.82, 2.24) is 25.6 Å². The molecule has 1 N–H and O–H groups in total. The minimum Gasteiger partial charge on any atom is -0.267 e. The molecule has 1 amide bonds. The Labute approximate surface area is 139 Å². The van der Waals surface area contributed by atoms with Gasteiger partial charge in [0.2, 0.25) is 0 Å². The summed E-state index contributed by atoms with van der Waals surface area (Å²) in [4.78, 5) is 12.2. The molecule has 0 aliphatic rings. The third kappa shape index (κ3) is 3.52. The van der Waals surface area contributed by atoms with Crippen molar-refractivity contribution in [2.45, 2.75) is 13.8 Å². The Morgan fingerprint density at radius 2 is 1.71 bits per heavy atom. The summed E-state index contributed by atoms with van der Waals surface area (Å²) in [6, 6.07) is 14.9. The number of nitrogens with zero attached hydrogens (tertiary/aromatic N) is 5. The zero-order chi connectivity index (χ0) is 16.9. The molecule has 3 aromatic rings. The van der Waals surface area contributed by atoms with E-state index in [1.165, 1.54) is 16.6 Å². The fourth-order valence-electron chi connectivity index (χ4n) is 2.10. The molecule has 0 unspecified atom stereocenters. The Morgan fingerprint density at radius 3 is 2.33 bits per heavy atom. The van der Waals surface area contributed by atoms with Crippen LogP contribution in [0.15, 0.2) is 60.0 Å². The van der Waals surface area contributed by atoms with Gasteiger partial charge in [-0.15, -0.1) is 5.10 Å². The van der Waals surface area contributed by atoms with E-state index in [9.17, 15) is 4.79 Å². The van der Waals surface area contributed by atoms with Gasteiger partial charge in [0, 0.05) is 5.56 Å². The lowest BCUT2D eigenvalue weighted by molar-refractivity contribution is 0.0955. The predicted molar refractivity (Wildman–Crippen MR) is 90.0 cm³/mol. The molecule has 7 heteroatoms. The lowest BCUT2D eigenvalue weighted by Gasteiger charge is -2.04. The van der Waals surface area contributed by atoms with Crippen LogP contribution in [0.3, 0.4) is 0 Å². The van der Waals surface area contributed by atoms with Crippen molar-refractivity contribution >= 4 is 11.6 Å². The molecule has 7 nitrogen and oxygen atoms in total. The average Bonchev–Trinajstić information content (AvgIpc) is 3.15. The van der Waals surface area contributed by atoms with Crippen molar-refractivity contribution in [1.29, 1.82) is 0 Å². The molecule has 0 aliphatic carbocycles. The number of carbonyl (C=O) groups is 1.